The van der Waals surface area contributed by atoms with Crippen LogP contribution in [0, 0.1) is 0 Å². The topological polar surface area (TPSA) is 89.0 Å². The van der Waals surface area contributed by atoms with Gasteiger partial charge in [0.2, 0.25) is 5.91 Å². The largest absolute Gasteiger partial charge is 0.494 e. The number of hydrogen-bond acceptors (Lipinski definition) is 8. The standard InChI is InChI=1S/C23H25Cl2N3O5S3/c1-32-17-8-7-15(24)21-20(17)26-23(35-21)27(13-14-5-4-12-33-14)22(29)16-6-2-3-11-28(16)36(30,31)19-10-9-18(25)34-19/h7-10,14,16H,2-6,11-13H2,1H3. The summed E-state index contributed by atoms with van der Waals surface area (Å²) in [5.41, 5.74) is 0.566. The molecule has 0 aliphatic carbocycles. The molecular weight excluding hydrogens is 565 g/mol. The number of thiophene rings is 1. The Kier molecular flexibility index (Phi) is 7.79. The Labute approximate surface area is 227 Å². The van der Waals surface area contributed by atoms with E-state index in [0.29, 0.717) is 49.9 Å². The van der Waals surface area contributed by atoms with Crippen LogP contribution in [0.25, 0.3) is 10.2 Å². The van der Waals surface area contributed by atoms with E-state index < -0.39 is 16.1 Å². The zero-order valence-corrected chi connectivity index (χ0v) is 23.4. The van der Waals surface area contributed by atoms with Gasteiger partial charge in [0, 0.05) is 13.2 Å². The Morgan fingerprint density at radius 3 is 2.72 bits per heavy atom. The van der Waals surface area contributed by atoms with Gasteiger partial charge in [-0.15, -0.1) is 11.3 Å². The van der Waals surface area contributed by atoms with Crippen LogP contribution >= 0.6 is 45.9 Å². The van der Waals surface area contributed by atoms with Crippen molar-refractivity contribution in [1.82, 2.24) is 9.29 Å². The fourth-order valence-electron chi connectivity index (χ4n) is 4.65. The molecule has 2 fully saturated rings. The van der Waals surface area contributed by atoms with Gasteiger partial charge in [-0.3, -0.25) is 9.69 Å². The minimum absolute atomic E-state index is 0.134. The van der Waals surface area contributed by atoms with Gasteiger partial charge in [0.05, 0.1) is 33.8 Å². The maximum absolute atomic E-state index is 14.1. The number of anilines is 1. The molecular formula is C23H25Cl2N3O5S3. The smallest absolute Gasteiger partial charge is 0.253 e. The number of sulfonamides is 1. The molecule has 13 heteroatoms. The molecule has 3 aromatic rings. The molecule has 8 nitrogen and oxygen atoms in total. The second kappa shape index (κ2) is 10.7. The van der Waals surface area contributed by atoms with Crippen LogP contribution in [0.4, 0.5) is 5.13 Å². The molecule has 0 spiro atoms. The van der Waals surface area contributed by atoms with Gasteiger partial charge < -0.3 is 9.47 Å². The molecule has 2 atom stereocenters. The monoisotopic (exact) mass is 589 g/mol. The van der Waals surface area contributed by atoms with Crippen LogP contribution in [0.15, 0.2) is 28.5 Å². The first-order valence-electron chi connectivity index (χ1n) is 11.6. The SMILES string of the molecule is COc1ccc(Cl)c2sc(N(CC3CCCO3)C(=O)C3CCCCN3S(=O)(=O)c3ccc(Cl)s3)nc12. The molecule has 0 radical (unpaired) electrons. The number of carbonyl (C=O) groups is 1. The minimum Gasteiger partial charge on any atom is -0.494 e. The lowest BCUT2D eigenvalue weighted by Crippen LogP contribution is -2.54. The van der Waals surface area contributed by atoms with Gasteiger partial charge in [0.1, 0.15) is 21.5 Å². The third kappa shape index (κ3) is 4.99. The lowest BCUT2D eigenvalue weighted by molar-refractivity contribution is -0.123. The van der Waals surface area contributed by atoms with Crippen molar-refractivity contribution in [2.75, 3.05) is 31.7 Å². The van der Waals surface area contributed by atoms with E-state index >= 15 is 0 Å². The number of fused-ring (bicyclic) bond motifs is 1. The van der Waals surface area contributed by atoms with Gasteiger partial charge >= 0.3 is 0 Å². The predicted octanol–water partition coefficient (Wildman–Crippen LogP) is 5.43. The number of hydrogen-bond donors (Lipinski definition) is 0. The number of ether oxygens (including phenoxy) is 2. The van der Waals surface area contributed by atoms with Gasteiger partial charge in [-0.25, -0.2) is 13.4 Å². The third-order valence-corrected chi connectivity index (χ3v) is 11.6. The highest BCUT2D eigenvalue weighted by atomic mass is 35.5. The van der Waals surface area contributed by atoms with Crippen LogP contribution in [0.5, 0.6) is 5.75 Å². The number of halogens is 2. The summed E-state index contributed by atoms with van der Waals surface area (Å²) in [5.74, 6) is 0.239. The van der Waals surface area contributed by atoms with E-state index in [2.05, 4.69) is 0 Å². The van der Waals surface area contributed by atoms with Crippen molar-refractivity contribution in [3.05, 3.63) is 33.6 Å². The zero-order chi connectivity index (χ0) is 25.4. The third-order valence-electron chi connectivity index (χ3n) is 6.42. The van der Waals surface area contributed by atoms with Crippen molar-refractivity contribution < 1.29 is 22.7 Å². The second-order valence-electron chi connectivity index (χ2n) is 8.69. The van der Waals surface area contributed by atoms with Gasteiger partial charge in [0.25, 0.3) is 10.0 Å². The van der Waals surface area contributed by atoms with E-state index in [-0.39, 0.29) is 29.3 Å². The van der Waals surface area contributed by atoms with Crippen LogP contribution in [0.1, 0.15) is 32.1 Å². The molecule has 5 rings (SSSR count). The molecule has 1 aromatic carbocycles. The number of nitrogens with zero attached hydrogens (tertiary/aromatic N) is 3. The summed E-state index contributed by atoms with van der Waals surface area (Å²) < 4.78 is 40.9. The van der Waals surface area contributed by atoms with E-state index in [0.717, 1.165) is 30.6 Å². The lowest BCUT2D eigenvalue weighted by atomic mass is 10.0. The lowest BCUT2D eigenvalue weighted by Gasteiger charge is -2.36. The average Bonchev–Trinajstić information content (AvgIpc) is 3.64. The number of amides is 1. The molecule has 36 heavy (non-hydrogen) atoms. The van der Waals surface area contributed by atoms with Gasteiger partial charge in [-0.05, 0) is 49.9 Å². The molecule has 2 saturated heterocycles. The van der Waals surface area contributed by atoms with E-state index in [4.69, 9.17) is 37.7 Å². The van der Waals surface area contributed by atoms with Crippen LogP contribution < -0.4 is 9.64 Å². The number of rotatable bonds is 7. The van der Waals surface area contributed by atoms with Gasteiger partial charge in [-0.1, -0.05) is 41.0 Å². The van der Waals surface area contributed by atoms with E-state index in [1.54, 1.807) is 30.2 Å². The van der Waals surface area contributed by atoms with E-state index in [1.807, 2.05) is 0 Å². The first kappa shape index (κ1) is 26.1. The molecule has 2 aromatic heterocycles. The second-order valence-corrected chi connectivity index (χ2v) is 13.9. The van der Waals surface area contributed by atoms with Crippen LogP contribution in [0.2, 0.25) is 9.36 Å². The maximum atomic E-state index is 14.1. The molecule has 2 aliphatic heterocycles. The first-order chi connectivity index (χ1) is 17.3. The maximum Gasteiger partial charge on any atom is 0.253 e. The summed E-state index contributed by atoms with van der Waals surface area (Å²) in [7, 11) is -2.34. The average molecular weight is 591 g/mol. The molecule has 1 amide bonds. The summed E-state index contributed by atoms with van der Waals surface area (Å²) >= 11 is 14.8. The van der Waals surface area contributed by atoms with Gasteiger partial charge in [-0.2, -0.15) is 4.31 Å². The molecule has 194 valence electrons. The Balaban J connectivity index is 1.54. The first-order valence-corrected chi connectivity index (χ1v) is 15.5. The van der Waals surface area contributed by atoms with Crippen molar-refractivity contribution in [2.24, 2.45) is 0 Å². The van der Waals surface area contributed by atoms with Crippen LogP contribution in [-0.4, -0.2) is 62.6 Å². The number of carbonyl (C=O) groups excluding carboxylic acids is 1. The van der Waals surface area contributed by atoms with Crippen molar-refractivity contribution in [3.8, 4) is 5.75 Å². The molecule has 2 unspecified atom stereocenters. The number of piperidine rings is 1. The quantitative estimate of drug-likeness (QED) is 0.365. The van der Waals surface area contributed by atoms with Crippen molar-refractivity contribution in [2.45, 2.75) is 48.5 Å². The van der Waals surface area contributed by atoms with Crippen LogP contribution in [-0.2, 0) is 19.6 Å². The Morgan fingerprint density at radius 1 is 1.19 bits per heavy atom. The highest BCUT2D eigenvalue weighted by molar-refractivity contribution is 7.91. The highest BCUT2D eigenvalue weighted by Crippen LogP contribution is 2.40. The summed E-state index contributed by atoms with van der Waals surface area (Å²) in [6.07, 6.45) is 3.44. The summed E-state index contributed by atoms with van der Waals surface area (Å²) in [6.45, 7) is 1.19. The predicted molar refractivity (Wildman–Crippen MR) is 143 cm³/mol. The fraction of sp³-hybridized carbons (Fsp3) is 0.478. The molecule has 4 heterocycles. The summed E-state index contributed by atoms with van der Waals surface area (Å²) in [4.78, 5) is 20.4. The van der Waals surface area contributed by atoms with E-state index in [9.17, 15) is 13.2 Å². The Bertz CT molecular complexity index is 1370. The highest BCUT2D eigenvalue weighted by Gasteiger charge is 2.41. The number of thiazole rings is 1. The number of aromatic nitrogens is 1. The van der Waals surface area contributed by atoms with E-state index in [1.165, 1.54) is 21.7 Å². The summed E-state index contributed by atoms with van der Waals surface area (Å²) in [6, 6.07) is 5.67. The molecule has 2 aliphatic rings. The molecule has 0 bridgehead atoms. The van der Waals surface area contributed by atoms with Crippen molar-refractivity contribution in [3.63, 3.8) is 0 Å². The molecule has 0 N–H and O–H groups in total. The number of benzene rings is 1. The van der Waals surface area contributed by atoms with Gasteiger partial charge in [0.15, 0.2) is 5.13 Å². The van der Waals surface area contributed by atoms with Crippen LogP contribution in [0.3, 0.4) is 0 Å². The zero-order valence-electron chi connectivity index (χ0n) is 19.5. The normalized spacial score (nSPS) is 21.2. The fourth-order valence-corrected chi connectivity index (χ4v) is 9.18. The van der Waals surface area contributed by atoms with Crippen molar-refractivity contribution >= 4 is 77.2 Å². The van der Waals surface area contributed by atoms with Crippen molar-refractivity contribution in [1.29, 1.82) is 0 Å². The number of methoxy groups -OCH3 is 1. The Hall–Kier alpha value is -1.47. The molecule has 0 saturated carbocycles. The minimum atomic E-state index is -3.89. The summed E-state index contributed by atoms with van der Waals surface area (Å²) in [5, 5.41) is 0.953. The Morgan fingerprint density at radius 2 is 2.03 bits per heavy atom.